The van der Waals surface area contributed by atoms with Gasteiger partial charge in [-0.05, 0) is 17.5 Å². The first-order valence-corrected chi connectivity index (χ1v) is 7.12. The van der Waals surface area contributed by atoms with Gasteiger partial charge in [0, 0.05) is 6.42 Å². The van der Waals surface area contributed by atoms with Gasteiger partial charge in [0.05, 0.1) is 5.92 Å². The molecule has 0 heterocycles. The number of carbonyl (C=O) groups is 1. The van der Waals surface area contributed by atoms with Gasteiger partial charge in [-0.15, -0.1) is 0 Å². The standard InChI is InChI=1S/C18H20O3/c1-2-16(17(19)20)18(21,15-11-7-4-8-12-15)13-14-9-5-3-6-10-14/h3-12,16,21H,2,13H2,1H3,(H,19,20). The summed E-state index contributed by atoms with van der Waals surface area (Å²) in [7, 11) is 0. The zero-order valence-corrected chi connectivity index (χ0v) is 12.1. The van der Waals surface area contributed by atoms with Crippen LogP contribution in [-0.4, -0.2) is 16.2 Å². The Morgan fingerprint density at radius 3 is 2.05 bits per heavy atom. The fourth-order valence-corrected chi connectivity index (χ4v) is 2.78. The first-order chi connectivity index (χ1) is 10.1. The molecule has 0 fully saturated rings. The second-order valence-corrected chi connectivity index (χ2v) is 5.25. The van der Waals surface area contributed by atoms with Crippen molar-refractivity contribution in [1.82, 2.24) is 0 Å². The van der Waals surface area contributed by atoms with Crippen molar-refractivity contribution in [2.45, 2.75) is 25.4 Å². The minimum atomic E-state index is -1.41. The van der Waals surface area contributed by atoms with Crippen molar-refractivity contribution >= 4 is 5.97 Å². The van der Waals surface area contributed by atoms with Crippen molar-refractivity contribution in [3.05, 3.63) is 71.8 Å². The van der Waals surface area contributed by atoms with Crippen LogP contribution in [0.4, 0.5) is 0 Å². The first-order valence-electron chi connectivity index (χ1n) is 7.12. The van der Waals surface area contributed by atoms with E-state index >= 15 is 0 Å². The summed E-state index contributed by atoms with van der Waals surface area (Å²) in [6.07, 6.45) is 0.649. The summed E-state index contributed by atoms with van der Waals surface area (Å²) in [5.74, 6) is -1.82. The van der Waals surface area contributed by atoms with Gasteiger partial charge in [0.1, 0.15) is 5.60 Å². The number of carboxylic acids is 1. The maximum Gasteiger partial charge on any atom is 0.309 e. The van der Waals surface area contributed by atoms with Gasteiger partial charge in [-0.3, -0.25) is 4.79 Å². The Kier molecular flexibility index (Phi) is 4.76. The molecule has 2 atom stereocenters. The van der Waals surface area contributed by atoms with Gasteiger partial charge in [0.25, 0.3) is 0 Å². The fourth-order valence-electron chi connectivity index (χ4n) is 2.78. The number of rotatable bonds is 6. The smallest absolute Gasteiger partial charge is 0.309 e. The summed E-state index contributed by atoms with van der Waals surface area (Å²) in [5.41, 5.74) is 0.148. The normalized spacial score (nSPS) is 15.1. The summed E-state index contributed by atoms with van der Waals surface area (Å²) in [6, 6.07) is 18.6. The molecule has 0 bridgehead atoms. The van der Waals surface area contributed by atoms with Gasteiger partial charge in [-0.1, -0.05) is 67.6 Å². The SMILES string of the molecule is CCC(C(=O)O)C(O)(Cc1ccccc1)c1ccccc1. The lowest BCUT2D eigenvalue weighted by atomic mass is 9.75. The fraction of sp³-hybridized carbons (Fsp3) is 0.278. The third-order valence-electron chi connectivity index (χ3n) is 3.87. The third-order valence-corrected chi connectivity index (χ3v) is 3.87. The van der Waals surface area contributed by atoms with Crippen LogP contribution >= 0.6 is 0 Å². The average Bonchev–Trinajstić information content (AvgIpc) is 2.49. The van der Waals surface area contributed by atoms with Crippen molar-refractivity contribution in [3.8, 4) is 0 Å². The van der Waals surface area contributed by atoms with E-state index in [0.717, 1.165) is 5.56 Å². The predicted molar refractivity (Wildman–Crippen MR) is 81.9 cm³/mol. The summed E-state index contributed by atoms with van der Waals surface area (Å²) >= 11 is 0. The molecule has 0 aliphatic rings. The molecular formula is C18H20O3. The Balaban J connectivity index is 2.46. The largest absolute Gasteiger partial charge is 0.481 e. The molecule has 2 unspecified atom stereocenters. The number of carboxylic acid groups (broad SMARTS) is 1. The Morgan fingerprint density at radius 1 is 1.05 bits per heavy atom. The minimum Gasteiger partial charge on any atom is -0.481 e. The molecular weight excluding hydrogens is 264 g/mol. The van der Waals surface area contributed by atoms with Crippen molar-refractivity contribution in [2.24, 2.45) is 5.92 Å². The van der Waals surface area contributed by atoms with Crippen LogP contribution in [0.3, 0.4) is 0 Å². The molecule has 3 nitrogen and oxygen atoms in total. The predicted octanol–water partition coefficient (Wildman–Crippen LogP) is 3.23. The highest BCUT2D eigenvalue weighted by Crippen LogP contribution is 2.35. The quantitative estimate of drug-likeness (QED) is 0.856. The van der Waals surface area contributed by atoms with Crippen LogP contribution in [0.1, 0.15) is 24.5 Å². The van der Waals surface area contributed by atoms with Crippen molar-refractivity contribution in [2.75, 3.05) is 0 Å². The zero-order valence-electron chi connectivity index (χ0n) is 12.1. The Hall–Kier alpha value is -2.13. The number of aliphatic hydroxyl groups is 1. The lowest BCUT2D eigenvalue weighted by molar-refractivity contribution is -0.153. The number of hydrogen-bond acceptors (Lipinski definition) is 2. The molecule has 2 aromatic rings. The second kappa shape index (κ2) is 6.55. The van der Waals surface area contributed by atoms with Crippen LogP contribution in [0.5, 0.6) is 0 Å². The molecule has 0 aromatic heterocycles. The van der Waals surface area contributed by atoms with Gasteiger partial charge in [0.15, 0.2) is 0 Å². The van der Waals surface area contributed by atoms with Gasteiger partial charge in [-0.2, -0.15) is 0 Å². The van der Waals surface area contributed by atoms with Crippen LogP contribution in [0.15, 0.2) is 60.7 Å². The van der Waals surface area contributed by atoms with Crippen LogP contribution < -0.4 is 0 Å². The highest BCUT2D eigenvalue weighted by atomic mass is 16.4. The summed E-state index contributed by atoms with van der Waals surface area (Å²) in [4.78, 5) is 11.6. The topological polar surface area (TPSA) is 57.5 Å². The third kappa shape index (κ3) is 3.31. The molecule has 0 amide bonds. The molecule has 0 saturated heterocycles. The number of aliphatic carboxylic acids is 1. The van der Waals surface area contributed by atoms with Gasteiger partial charge in [0.2, 0.25) is 0 Å². The molecule has 2 N–H and O–H groups in total. The Labute approximate surface area is 124 Å². The Morgan fingerprint density at radius 2 is 1.57 bits per heavy atom. The van der Waals surface area contributed by atoms with Crippen LogP contribution in [0, 0.1) is 5.92 Å². The molecule has 110 valence electrons. The second-order valence-electron chi connectivity index (χ2n) is 5.25. The number of benzene rings is 2. The molecule has 0 saturated carbocycles. The van der Waals surface area contributed by atoms with Gasteiger partial charge < -0.3 is 10.2 Å². The van der Waals surface area contributed by atoms with Crippen molar-refractivity contribution in [3.63, 3.8) is 0 Å². The highest BCUT2D eigenvalue weighted by molar-refractivity contribution is 5.72. The maximum atomic E-state index is 11.6. The summed E-state index contributed by atoms with van der Waals surface area (Å²) < 4.78 is 0. The monoisotopic (exact) mass is 284 g/mol. The van der Waals surface area contributed by atoms with E-state index in [-0.39, 0.29) is 6.42 Å². The van der Waals surface area contributed by atoms with E-state index in [1.165, 1.54) is 0 Å². The van der Waals surface area contributed by atoms with E-state index in [2.05, 4.69) is 0 Å². The van der Waals surface area contributed by atoms with Crippen molar-refractivity contribution in [1.29, 1.82) is 0 Å². The van der Waals surface area contributed by atoms with Crippen LogP contribution in [0.25, 0.3) is 0 Å². The molecule has 0 spiro atoms. The zero-order chi connectivity index (χ0) is 15.3. The molecule has 21 heavy (non-hydrogen) atoms. The van der Waals surface area contributed by atoms with Gasteiger partial charge in [-0.25, -0.2) is 0 Å². The van der Waals surface area contributed by atoms with E-state index < -0.39 is 17.5 Å². The van der Waals surface area contributed by atoms with Crippen LogP contribution in [0.2, 0.25) is 0 Å². The first kappa shape index (κ1) is 15.3. The average molecular weight is 284 g/mol. The maximum absolute atomic E-state index is 11.6. The van der Waals surface area contributed by atoms with E-state index in [4.69, 9.17) is 0 Å². The molecule has 0 aliphatic carbocycles. The summed E-state index contributed by atoms with van der Waals surface area (Å²) in [6.45, 7) is 1.79. The van der Waals surface area contributed by atoms with E-state index in [1.54, 1.807) is 19.1 Å². The molecule has 0 radical (unpaired) electrons. The minimum absolute atomic E-state index is 0.280. The molecule has 2 rings (SSSR count). The van der Waals surface area contributed by atoms with E-state index in [0.29, 0.717) is 12.0 Å². The summed E-state index contributed by atoms with van der Waals surface area (Å²) in [5, 5.41) is 20.7. The van der Waals surface area contributed by atoms with E-state index in [1.807, 2.05) is 48.5 Å². The molecule has 2 aromatic carbocycles. The lowest BCUT2D eigenvalue weighted by Crippen LogP contribution is -2.41. The lowest BCUT2D eigenvalue weighted by Gasteiger charge is -2.34. The molecule has 0 aliphatic heterocycles. The highest BCUT2D eigenvalue weighted by Gasteiger charge is 2.41. The van der Waals surface area contributed by atoms with Gasteiger partial charge >= 0.3 is 5.97 Å². The van der Waals surface area contributed by atoms with E-state index in [9.17, 15) is 15.0 Å². The Bertz CT molecular complexity index is 580. The van der Waals surface area contributed by atoms with Crippen LogP contribution in [-0.2, 0) is 16.8 Å². The number of hydrogen-bond donors (Lipinski definition) is 2. The molecule has 3 heteroatoms. The van der Waals surface area contributed by atoms with Crippen molar-refractivity contribution < 1.29 is 15.0 Å².